The number of tetrazole rings is 1. The summed E-state index contributed by atoms with van der Waals surface area (Å²) in [6.45, 7) is 0. The molecule has 0 spiro atoms. The summed E-state index contributed by atoms with van der Waals surface area (Å²) >= 11 is 0. The lowest BCUT2D eigenvalue weighted by Gasteiger charge is -2.19. The predicted octanol–water partition coefficient (Wildman–Crippen LogP) is 1.94. The Morgan fingerprint density at radius 2 is 2.05 bits per heavy atom. The molecule has 8 heteroatoms. The predicted molar refractivity (Wildman–Crippen MR) is 71.3 cm³/mol. The Bertz CT molecular complexity index is 660. The summed E-state index contributed by atoms with van der Waals surface area (Å²) < 4.78 is 33.7. The molecule has 1 saturated carbocycles. The molecule has 0 aliphatic heterocycles. The first-order valence-electron chi connectivity index (χ1n) is 6.67. The van der Waals surface area contributed by atoms with Gasteiger partial charge in [-0.15, -0.1) is 5.10 Å². The number of anilines is 1. The van der Waals surface area contributed by atoms with Crippen LogP contribution in [0.25, 0.3) is 11.4 Å². The number of hydrogen-bond donors (Lipinski definition) is 1. The molecule has 2 unspecified atom stereocenters. The summed E-state index contributed by atoms with van der Waals surface area (Å²) in [6.07, 6.45) is 2.77. The van der Waals surface area contributed by atoms with Crippen molar-refractivity contribution < 1.29 is 13.5 Å². The standard InChI is InChI=1S/C13H15F2N5O/c1-21-12-4-2-3-11(12)20-13(17-18-19-20)7-5-8(14)9(15)6-10(7)16/h5-6,11-12H,2-4,16H2,1H3. The second kappa shape index (κ2) is 5.36. The van der Waals surface area contributed by atoms with Gasteiger partial charge in [0, 0.05) is 24.4 Å². The molecular formula is C13H15F2N5O. The van der Waals surface area contributed by atoms with Crippen LogP contribution in [-0.2, 0) is 4.74 Å². The number of methoxy groups -OCH3 is 1. The topological polar surface area (TPSA) is 78.8 Å². The molecule has 0 saturated heterocycles. The molecule has 112 valence electrons. The third-order valence-corrected chi connectivity index (χ3v) is 3.86. The zero-order valence-electron chi connectivity index (χ0n) is 11.5. The summed E-state index contributed by atoms with van der Waals surface area (Å²) in [7, 11) is 1.64. The molecule has 1 aromatic heterocycles. The van der Waals surface area contributed by atoms with Crippen molar-refractivity contribution in [3.63, 3.8) is 0 Å². The Labute approximate surface area is 119 Å². The minimum Gasteiger partial charge on any atom is -0.398 e. The van der Waals surface area contributed by atoms with Gasteiger partial charge in [0.25, 0.3) is 0 Å². The first-order valence-corrected chi connectivity index (χ1v) is 6.67. The van der Waals surface area contributed by atoms with Gasteiger partial charge in [-0.05, 0) is 35.8 Å². The molecule has 2 N–H and O–H groups in total. The highest BCUT2D eigenvalue weighted by Gasteiger charge is 2.32. The molecule has 1 fully saturated rings. The molecule has 21 heavy (non-hydrogen) atoms. The van der Waals surface area contributed by atoms with Crippen LogP contribution in [0.2, 0.25) is 0 Å². The fourth-order valence-electron chi connectivity index (χ4n) is 2.81. The number of aromatic nitrogens is 4. The lowest BCUT2D eigenvalue weighted by Crippen LogP contribution is -2.22. The van der Waals surface area contributed by atoms with Gasteiger partial charge in [-0.25, -0.2) is 13.5 Å². The van der Waals surface area contributed by atoms with Gasteiger partial charge in [0.05, 0.1) is 12.1 Å². The Hall–Kier alpha value is -2.09. The van der Waals surface area contributed by atoms with Gasteiger partial charge in [0.1, 0.15) is 0 Å². The lowest BCUT2D eigenvalue weighted by molar-refractivity contribution is 0.0708. The average molecular weight is 295 g/mol. The Kier molecular flexibility index (Phi) is 3.54. The van der Waals surface area contributed by atoms with Crippen LogP contribution in [-0.4, -0.2) is 33.4 Å². The summed E-state index contributed by atoms with van der Waals surface area (Å²) in [5, 5.41) is 11.5. The largest absolute Gasteiger partial charge is 0.398 e. The molecule has 6 nitrogen and oxygen atoms in total. The fraction of sp³-hybridized carbons (Fsp3) is 0.462. The van der Waals surface area contributed by atoms with Gasteiger partial charge in [0.15, 0.2) is 17.5 Å². The molecule has 1 aliphatic rings. The normalized spacial score (nSPS) is 21.9. The van der Waals surface area contributed by atoms with Crippen LogP contribution in [0.1, 0.15) is 25.3 Å². The van der Waals surface area contributed by atoms with E-state index in [1.165, 1.54) is 0 Å². The number of ether oxygens (including phenoxy) is 1. The fourth-order valence-corrected chi connectivity index (χ4v) is 2.81. The molecule has 1 aliphatic carbocycles. The van der Waals surface area contributed by atoms with Crippen LogP contribution < -0.4 is 5.73 Å². The van der Waals surface area contributed by atoms with Gasteiger partial charge in [-0.2, -0.15) is 0 Å². The Balaban J connectivity index is 2.05. The quantitative estimate of drug-likeness (QED) is 0.875. The smallest absolute Gasteiger partial charge is 0.184 e. The number of halogens is 2. The second-order valence-electron chi connectivity index (χ2n) is 5.07. The number of nitrogens with zero attached hydrogens (tertiary/aromatic N) is 4. The summed E-state index contributed by atoms with van der Waals surface area (Å²) in [6, 6.07) is 1.92. The van der Waals surface area contributed by atoms with E-state index in [-0.39, 0.29) is 23.4 Å². The van der Waals surface area contributed by atoms with E-state index in [0.717, 1.165) is 31.4 Å². The van der Waals surface area contributed by atoms with E-state index in [9.17, 15) is 8.78 Å². The molecule has 1 aromatic carbocycles. The number of rotatable bonds is 3. The van der Waals surface area contributed by atoms with Crippen LogP contribution in [0.4, 0.5) is 14.5 Å². The van der Waals surface area contributed by atoms with Crippen LogP contribution in [0, 0.1) is 11.6 Å². The zero-order chi connectivity index (χ0) is 15.0. The molecule has 0 bridgehead atoms. The van der Waals surface area contributed by atoms with Crippen molar-refractivity contribution in [3.05, 3.63) is 23.8 Å². The maximum Gasteiger partial charge on any atom is 0.184 e. The summed E-state index contributed by atoms with van der Waals surface area (Å²) in [5.74, 6) is -1.66. The molecule has 2 aromatic rings. The van der Waals surface area contributed by atoms with Crippen molar-refractivity contribution in [2.45, 2.75) is 31.4 Å². The van der Waals surface area contributed by atoms with Crippen molar-refractivity contribution in [2.24, 2.45) is 0 Å². The first-order chi connectivity index (χ1) is 10.1. The molecule has 1 heterocycles. The van der Waals surface area contributed by atoms with Gasteiger partial charge in [-0.3, -0.25) is 0 Å². The van der Waals surface area contributed by atoms with Crippen molar-refractivity contribution in [3.8, 4) is 11.4 Å². The second-order valence-corrected chi connectivity index (χ2v) is 5.07. The minimum absolute atomic E-state index is 0.00114. The third-order valence-electron chi connectivity index (χ3n) is 3.86. The van der Waals surface area contributed by atoms with Gasteiger partial charge < -0.3 is 10.5 Å². The Morgan fingerprint density at radius 3 is 2.81 bits per heavy atom. The van der Waals surface area contributed by atoms with Crippen LogP contribution in [0.15, 0.2) is 12.1 Å². The van der Waals surface area contributed by atoms with E-state index >= 15 is 0 Å². The van der Waals surface area contributed by atoms with E-state index in [1.54, 1.807) is 11.8 Å². The van der Waals surface area contributed by atoms with Crippen molar-refractivity contribution >= 4 is 5.69 Å². The van der Waals surface area contributed by atoms with Gasteiger partial charge >= 0.3 is 0 Å². The van der Waals surface area contributed by atoms with Crippen LogP contribution in [0.5, 0.6) is 0 Å². The zero-order valence-corrected chi connectivity index (χ0v) is 11.5. The highest BCUT2D eigenvalue weighted by atomic mass is 19.2. The summed E-state index contributed by atoms with van der Waals surface area (Å²) in [4.78, 5) is 0. The molecule has 2 atom stereocenters. The van der Waals surface area contributed by atoms with Gasteiger partial charge in [-0.1, -0.05) is 0 Å². The van der Waals surface area contributed by atoms with Crippen molar-refractivity contribution in [1.29, 1.82) is 0 Å². The SMILES string of the molecule is COC1CCCC1n1nnnc1-c1cc(F)c(F)cc1N. The number of hydrogen-bond acceptors (Lipinski definition) is 5. The van der Waals surface area contributed by atoms with Crippen molar-refractivity contribution in [1.82, 2.24) is 20.2 Å². The van der Waals surface area contributed by atoms with Gasteiger partial charge in [0.2, 0.25) is 0 Å². The molecule has 3 rings (SSSR count). The van der Waals surface area contributed by atoms with E-state index in [4.69, 9.17) is 10.5 Å². The monoisotopic (exact) mass is 295 g/mol. The van der Waals surface area contributed by atoms with E-state index in [0.29, 0.717) is 5.82 Å². The average Bonchev–Trinajstić information content (AvgIpc) is 3.10. The maximum absolute atomic E-state index is 13.5. The van der Waals surface area contributed by atoms with E-state index < -0.39 is 11.6 Å². The highest BCUT2D eigenvalue weighted by molar-refractivity contribution is 5.71. The number of nitrogens with two attached hydrogens (primary N) is 1. The molecule has 0 radical (unpaired) electrons. The molecule has 0 amide bonds. The molecular weight excluding hydrogens is 280 g/mol. The van der Waals surface area contributed by atoms with Crippen molar-refractivity contribution in [2.75, 3.05) is 12.8 Å². The van der Waals surface area contributed by atoms with E-state index in [1.807, 2.05) is 0 Å². The highest BCUT2D eigenvalue weighted by Crippen LogP contribution is 2.35. The Morgan fingerprint density at radius 1 is 1.29 bits per heavy atom. The van der Waals surface area contributed by atoms with Crippen LogP contribution >= 0.6 is 0 Å². The minimum atomic E-state index is -0.995. The maximum atomic E-state index is 13.5. The first kappa shape index (κ1) is 13.9. The summed E-state index contributed by atoms with van der Waals surface area (Å²) in [5.41, 5.74) is 6.14. The van der Waals surface area contributed by atoms with Crippen LogP contribution in [0.3, 0.4) is 0 Å². The number of nitrogen functional groups attached to an aromatic ring is 1. The lowest BCUT2D eigenvalue weighted by atomic mass is 10.1. The number of benzene rings is 1. The third kappa shape index (κ3) is 2.35. The van der Waals surface area contributed by atoms with E-state index in [2.05, 4.69) is 15.5 Å².